The number of aromatic hydroxyl groups is 1. The molecule has 17 nitrogen and oxygen atoms in total. The molecule has 1 amide bonds. The Balaban J connectivity index is 0.728. The maximum Gasteiger partial charge on any atom is 0.319 e. The van der Waals surface area contributed by atoms with Crippen LogP contribution in [0.25, 0.3) is 43.4 Å². The fraction of sp³-hybridized carbons (Fsp3) is 0.492. The van der Waals surface area contributed by atoms with Crippen LogP contribution in [0, 0.1) is 18.7 Å². The second kappa shape index (κ2) is 22.0. The van der Waals surface area contributed by atoms with Crippen molar-refractivity contribution in [1.29, 1.82) is 0 Å². The second-order valence-corrected chi connectivity index (χ2v) is 24.5. The van der Waals surface area contributed by atoms with Crippen LogP contribution in [0.3, 0.4) is 0 Å². The zero-order valence-corrected chi connectivity index (χ0v) is 47.0. The number of phenolic OH excluding ortho intramolecular Hbond substituents is 1. The fourth-order valence-corrected chi connectivity index (χ4v) is 14.2. The summed E-state index contributed by atoms with van der Waals surface area (Å²) >= 11 is 1.58. The van der Waals surface area contributed by atoms with Gasteiger partial charge in [-0.25, -0.2) is 9.37 Å². The normalized spacial score (nSPS) is 24.3. The molecule has 12 rings (SSSR count). The van der Waals surface area contributed by atoms with Crippen LogP contribution in [0.5, 0.6) is 11.8 Å². The van der Waals surface area contributed by atoms with Crippen LogP contribution >= 0.6 is 11.3 Å². The van der Waals surface area contributed by atoms with E-state index in [1.54, 1.807) is 35.9 Å². The number of aliphatic hydroxyl groups is 1. The Labute approximate surface area is 469 Å². The number of β-amino-alcohol motifs (C(OH)–C–C–N with tert-alkyl or cyclic N) is 1. The number of aliphatic hydroxyl groups excluding tert-OH is 1. The lowest BCUT2D eigenvalue weighted by Crippen LogP contribution is -2.60. The molecule has 5 aliphatic heterocycles. The minimum absolute atomic E-state index is 0.0231. The Morgan fingerprint density at radius 1 is 1.04 bits per heavy atom. The van der Waals surface area contributed by atoms with Crippen LogP contribution in [-0.4, -0.2) is 122 Å². The highest BCUT2D eigenvalue weighted by Crippen LogP contribution is 2.43. The Morgan fingerprint density at radius 3 is 2.58 bits per heavy atom. The number of aryl methyl sites for hydroxylation is 2. The highest BCUT2D eigenvalue weighted by molar-refractivity contribution is 7.13. The van der Waals surface area contributed by atoms with Gasteiger partial charge in [-0.3, -0.25) is 19.9 Å². The Bertz CT molecular complexity index is 3430. The summed E-state index contributed by atoms with van der Waals surface area (Å²) in [6, 6.07) is 17.9. The largest absolute Gasteiger partial charge is 0.508 e. The molecule has 0 radical (unpaired) electrons. The van der Waals surface area contributed by atoms with E-state index in [9.17, 15) is 19.8 Å². The van der Waals surface area contributed by atoms with Gasteiger partial charge < -0.3 is 45.2 Å². The number of benzene rings is 3. The van der Waals surface area contributed by atoms with E-state index in [2.05, 4.69) is 48.1 Å². The second-order valence-electron chi connectivity index (χ2n) is 23.7. The number of hydrogen-bond donors (Lipinski definition) is 6. The average Bonchev–Trinajstić information content (AvgIpc) is 4.31. The summed E-state index contributed by atoms with van der Waals surface area (Å²) in [6.07, 6.45) is 10.1. The molecule has 9 heterocycles. The molecule has 8 atom stereocenters. The third kappa shape index (κ3) is 10.3. The number of pyridine rings is 1. The molecule has 5 aliphatic rings. The first-order chi connectivity index (χ1) is 38.7. The van der Waals surface area contributed by atoms with Crippen molar-refractivity contribution in [3.8, 4) is 33.5 Å². The van der Waals surface area contributed by atoms with Crippen molar-refractivity contribution < 1.29 is 33.5 Å². The number of carbonyl (C=O) groups is 2. The summed E-state index contributed by atoms with van der Waals surface area (Å²) in [4.78, 5) is 53.6. The van der Waals surface area contributed by atoms with E-state index >= 15 is 4.39 Å². The SMILES string of the molecule is CCc1cccc2cc(O)cc(-c3ncc4c(N5CC6CCC(C5)N6)nc(OCCC5NCC5CC5CCCCN5c5cnoc5C(C)(C)CC(=O)[C@@]5(C(=O)N[C@@H](C)c6ccc(-c7scnc7C)cc6)CC(O)CN5)nc4c3F)c12. The van der Waals surface area contributed by atoms with E-state index in [-0.39, 0.29) is 60.2 Å². The number of phenols is 1. The van der Waals surface area contributed by atoms with Gasteiger partial charge in [-0.05, 0) is 117 Å². The van der Waals surface area contributed by atoms with Crippen LogP contribution < -0.4 is 35.8 Å². The quantitative estimate of drug-likeness (QED) is 0.0444. The molecule has 5 fully saturated rings. The molecule has 3 aromatic carbocycles. The van der Waals surface area contributed by atoms with Crippen molar-refractivity contribution in [2.75, 3.05) is 49.1 Å². The van der Waals surface area contributed by atoms with Crippen LogP contribution in [0.1, 0.15) is 114 Å². The molecule has 0 aliphatic carbocycles. The average molecular weight is 1110 g/mol. The maximum atomic E-state index is 17.3. The van der Waals surface area contributed by atoms with Gasteiger partial charge in [-0.2, -0.15) is 9.97 Å². The minimum Gasteiger partial charge on any atom is -0.508 e. The van der Waals surface area contributed by atoms with Crippen molar-refractivity contribution in [2.24, 2.45) is 5.92 Å². The molecule has 5 saturated heterocycles. The van der Waals surface area contributed by atoms with Crippen molar-refractivity contribution >= 4 is 56.2 Å². The van der Waals surface area contributed by atoms with Gasteiger partial charge in [0, 0.05) is 80.4 Å². The predicted molar refractivity (Wildman–Crippen MR) is 308 cm³/mol. The Hall–Kier alpha value is -6.64. The lowest BCUT2D eigenvalue weighted by Gasteiger charge is -2.45. The number of fused-ring (bicyclic) bond motifs is 4. The van der Waals surface area contributed by atoms with E-state index in [1.807, 2.05) is 75.7 Å². The van der Waals surface area contributed by atoms with Crippen LogP contribution in [-0.2, 0) is 21.4 Å². The first-order valence-corrected chi connectivity index (χ1v) is 29.5. The highest BCUT2D eigenvalue weighted by atomic mass is 32.1. The van der Waals surface area contributed by atoms with Crippen molar-refractivity contribution in [3.05, 3.63) is 101 Å². The number of rotatable bonds is 18. The van der Waals surface area contributed by atoms with Gasteiger partial charge in [-0.15, -0.1) is 11.3 Å². The molecule has 4 aromatic heterocycles. The summed E-state index contributed by atoms with van der Waals surface area (Å²) in [6.45, 7) is 13.4. The van der Waals surface area contributed by atoms with Crippen LogP contribution in [0.2, 0.25) is 0 Å². The number of ether oxygens (including phenoxy) is 1. The summed E-state index contributed by atoms with van der Waals surface area (Å²) in [7, 11) is 0. The minimum atomic E-state index is -1.62. The molecule has 6 unspecified atom stereocenters. The predicted octanol–water partition coefficient (Wildman–Crippen LogP) is 8.63. The van der Waals surface area contributed by atoms with Gasteiger partial charge in [0.25, 0.3) is 0 Å². The van der Waals surface area contributed by atoms with Crippen LogP contribution in [0.4, 0.5) is 15.9 Å². The molecule has 80 heavy (non-hydrogen) atoms. The molecule has 0 spiro atoms. The number of anilines is 2. The van der Waals surface area contributed by atoms with Gasteiger partial charge in [0.15, 0.2) is 22.9 Å². The number of halogens is 1. The molecule has 6 N–H and O–H groups in total. The third-order valence-electron chi connectivity index (χ3n) is 17.8. The van der Waals surface area contributed by atoms with Gasteiger partial charge >= 0.3 is 6.01 Å². The molecule has 19 heteroatoms. The van der Waals surface area contributed by atoms with E-state index in [4.69, 9.17) is 24.2 Å². The van der Waals surface area contributed by atoms with Gasteiger partial charge in [-0.1, -0.05) is 68.4 Å². The number of carbonyl (C=O) groups excluding carboxylic acids is 2. The number of thiazole rings is 1. The Morgan fingerprint density at radius 2 is 1.85 bits per heavy atom. The number of nitrogens with one attached hydrogen (secondary N) is 4. The van der Waals surface area contributed by atoms with E-state index in [0.29, 0.717) is 53.6 Å². The molecular formula is C61H72FN11O6S. The maximum absolute atomic E-state index is 17.3. The van der Waals surface area contributed by atoms with E-state index in [0.717, 1.165) is 115 Å². The number of piperidine rings is 1. The topological polar surface area (TPSA) is 216 Å². The third-order valence-corrected chi connectivity index (χ3v) is 18.8. The lowest BCUT2D eigenvalue weighted by atomic mass is 9.77. The zero-order chi connectivity index (χ0) is 55.5. The van der Waals surface area contributed by atoms with Gasteiger partial charge in [0.2, 0.25) is 5.91 Å². The van der Waals surface area contributed by atoms with Crippen molar-refractivity contribution in [1.82, 2.24) is 46.4 Å². The summed E-state index contributed by atoms with van der Waals surface area (Å²) in [5.74, 6) is 0.224. The monoisotopic (exact) mass is 1110 g/mol. The van der Waals surface area contributed by atoms with Crippen molar-refractivity contribution in [3.63, 3.8) is 0 Å². The number of nitrogens with zero attached hydrogens (tertiary/aromatic N) is 7. The standard InChI is InChI=1S/C61H72FN11O6S/c1-6-36-10-9-11-39-23-44(74)24-46(51(36)39)53-52(62)54-47(29-64-53)57(72-31-41-17-18-42(32-72)69-41)71-59(70-54)78-21-19-48-40(27-63-48)22-43-12-7-8-20-73(43)49-30-67-79-56(49)60(4,5)26-50(76)61(25-45(75)28-66-61)58(77)68-34(2)37-13-15-38(16-14-37)55-35(3)65-33-80-55/h9-11,13-16,23-24,29-30,33-34,40-43,45,48,63,66,69,74-75H,6-8,12,17-22,25-28,31-32H2,1-5H3,(H,68,77)/t34-,40?,41?,42?,43?,45?,48?,61+/m0/s1. The molecular weight excluding hydrogens is 1030 g/mol. The van der Waals surface area contributed by atoms with Crippen LogP contribution in [0.15, 0.2) is 77.0 Å². The van der Waals surface area contributed by atoms with Crippen molar-refractivity contribution in [2.45, 2.75) is 146 Å². The van der Waals surface area contributed by atoms with E-state index < -0.39 is 34.8 Å². The zero-order valence-electron chi connectivity index (χ0n) is 46.2. The number of ketones is 1. The number of piperazine rings is 1. The highest BCUT2D eigenvalue weighted by Gasteiger charge is 2.53. The number of aromatic nitrogens is 5. The summed E-state index contributed by atoms with van der Waals surface area (Å²) in [5.41, 5.74) is 4.92. The van der Waals surface area contributed by atoms with Gasteiger partial charge in [0.05, 0.1) is 46.4 Å². The molecule has 2 bridgehead atoms. The van der Waals surface area contributed by atoms with Gasteiger partial charge in [0.1, 0.15) is 28.5 Å². The van der Waals surface area contributed by atoms with E-state index in [1.165, 1.54) is 0 Å². The number of hydrogen-bond acceptors (Lipinski definition) is 17. The molecule has 0 saturated carbocycles. The lowest BCUT2D eigenvalue weighted by molar-refractivity contribution is -0.138. The number of Topliss-reactive ketones (excluding diaryl/α,β-unsaturated/α-hetero) is 1. The number of amides is 1. The first kappa shape index (κ1) is 54.0. The summed E-state index contributed by atoms with van der Waals surface area (Å²) < 4.78 is 29.8. The first-order valence-electron chi connectivity index (χ1n) is 28.6. The summed E-state index contributed by atoms with van der Waals surface area (Å²) in [5, 5.41) is 41.8. The smallest absolute Gasteiger partial charge is 0.319 e. The fourth-order valence-electron chi connectivity index (χ4n) is 13.4. The molecule has 420 valence electrons. The molecule has 7 aromatic rings. The Kier molecular flexibility index (Phi) is 14.9.